The summed E-state index contributed by atoms with van der Waals surface area (Å²) in [6.45, 7) is 0.471. The minimum atomic E-state index is -0.677. The molecule has 120 valence electrons. The van der Waals surface area contributed by atoms with Crippen molar-refractivity contribution in [3.8, 4) is 6.07 Å². The van der Waals surface area contributed by atoms with Crippen molar-refractivity contribution in [3.63, 3.8) is 0 Å². The summed E-state index contributed by atoms with van der Waals surface area (Å²) in [5.74, 6) is 0. The van der Waals surface area contributed by atoms with Gasteiger partial charge < -0.3 is 0 Å². The van der Waals surface area contributed by atoms with Gasteiger partial charge in [0.15, 0.2) is 0 Å². The Labute approximate surface area is 149 Å². The van der Waals surface area contributed by atoms with Crippen LogP contribution in [0, 0.1) is 11.3 Å². The Balaban J connectivity index is 1.96. The topological polar surface area (TPSA) is 54.5 Å². The smallest absolute Gasteiger partial charge is 0.137 e. The monoisotopic (exact) mass is 380 g/mol. The molecule has 0 aliphatic carbocycles. The molecule has 0 fully saturated rings. The van der Waals surface area contributed by atoms with E-state index in [0.29, 0.717) is 13.0 Å². The molecule has 0 N–H and O–H groups in total. The molecule has 0 radical (unpaired) electrons. The van der Waals surface area contributed by atoms with Crippen LogP contribution in [0.25, 0.3) is 0 Å². The van der Waals surface area contributed by atoms with E-state index in [1.807, 2.05) is 42.5 Å². The van der Waals surface area contributed by atoms with Gasteiger partial charge in [-0.05, 0) is 30.0 Å². The quantitative estimate of drug-likeness (QED) is 0.645. The summed E-state index contributed by atoms with van der Waals surface area (Å²) in [7, 11) is 0. The highest BCUT2D eigenvalue weighted by Crippen LogP contribution is 2.35. The van der Waals surface area contributed by atoms with E-state index in [1.165, 1.54) is 11.9 Å². The van der Waals surface area contributed by atoms with E-state index in [-0.39, 0.29) is 0 Å². The van der Waals surface area contributed by atoms with Crippen molar-refractivity contribution in [2.24, 2.45) is 0 Å². The highest BCUT2D eigenvalue weighted by molar-refractivity contribution is 9.10. The normalized spacial score (nSPS) is 13.2. The van der Waals surface area contributed by atoms with Crippen molar-refractivity contribution in [2.45, 2.75) is 24.8 Å². The van der Waals surface area contributed by atoms with E-state index in [9.17, 15) is 5.26 Å². The second kappa shape index (κ2) is 7.41. The van der Waals surface area contributed by atoms with E-state index < -0.39 is 5.41 Å². The van der Waals surface area contributed by atoms with Gasteiger partial charge in [0, 0.05) is 4.47 Å². The predicted octanol–water partition coefficient (Wildman–Crippen LogP) is 4.13. The third kappa shape index (κ3) is 3.55. The van der Waals surface area contributed by atoms with Crippen molar-refractivity contribution in [3.05, 3.63) is 82.9 Å². The second-order valence-corrected chi connectivity index (χ2v) is 6.61. The molecule has 3 rings (SSSR count). The molecule has 24 heavy (non-hydrogen) atoms. The third-order valence-electron chi connectivity index (χ3n) is 4.19. The van der Waals surface area contributed by atoms with Gasteiger partial charge in [-0.25, -0.2) is 4.98 Å². The standard InChI is InChI=1S/C19H17BrN4/c20-18-9-5-4-8-17(18)19(12-21,13-24-15-22-14-23-24)11-10-16-6-2-1-3-7-16/h1-9,14-15H,10-11,13H2. The molecule has 5 heteroatoms. The third-order valence-corrected chi connectivity index (χ3v) is 4.88. The lowest BCUT2D eigenvalue weighted by Crippen LogP contribution is -2.31. The molecule has 4 nitrogen and oxygen atoms in total. The number of nitriles is 1. The van der Waals surface area contributed by atoms with Gasteiger partial charge in [-0.2, -0.15) is 10.4 Å². The van der Waals surface area contributed by atoms with E-state index in [1.54, 1.807) is 11.0 Å². The molecule has 1 unspecified atom stereocenters. The second-order valence-electron chi connectivity index (χ2n) is 5.75. The van der Waals surface area contributed by atoms with Crippen molar-refractivity contribution in [1.82, 2.24) is 14.8 Å². The summed E-state index contributed by atoms with van der Waals surface area (Å²) in [4.78, 5) is 4.01. The highest BCUT2D eigenvalue weighted by atomic mass is 79.9. The number of benzene rings is 2. The molecule has 0 bridgehead atoms. The van der Waals surface area contributed by atoms with E-state index in [2.05, 4.69) is 44.2 Å². The molecule has 0 amide bonds. The minimum absolute atomic E-state index is 0.471. The Kier molecular flexibility index (Phi) is 5.07. The van der Waals surface area contributed by atoms with Crippen molar-refractivity contribution in [2.75, 3.05) is 0 Å². The maximum atomic E-state index is 10.1. The highest BCUT2D eigenvalue weighted by Gasteiger charge is 2.34. The fourth-order valence-corrected chi connectivity index (χ4v) is 3.56. The van der Waals surface area contributed by atoms with Gasteiger partial charge >= 0.3 is 0 Å². The zero-order valence-corrected chi connectivity index (χ0v) is 14.7. The number of aryl methyl sites for hydroxylation is 1. The molecule has 0 aliphatic heterocycles. The Bertz CT molecular complexity index is 824. The van der Waals surface area contributed by atoms with Crippen molar-refractivity contribution >= 4 is 15.9 Å². The van der Waals surface area contributed by atoms with Crippen molar-refractivity contribution < 1.29 is 0 Å². The molecule has 1 heterocycles. The van der Waals surface area contributed by atoms with Crippen LogP contribution in [0.15, 0.2) is 71.7 Å². The van der Waals surface area contributed by atoms with Gasteiger partial charge in [0.2, 0.25) is 0 Å². The molecule has 0 aliphatic rings. The number of hydrogen-bond acceptors (Lipinski definition) is 3. The van der Waals surface area contributed by atoms with Gasteiger partial charge in [-0.15, -0.1) is 0 Å². The number of aromatic nitrogens is 3. The van der Waals surface area contributed by atoms with Crippen LogP contribution in [0.3, 0.4) is 0 Å². The first-order chi connectivity index (χ1) is 11.7. The molecule has 3 aromatic rings. The molecule has 0 saturated carbocycles. The lowest BCUT2D eigenvalue weighted by molar-refractivity contribution is 0.400. The Morgan fingerprint density at radius 3 is 2.50 bits per heavy atom. The molecule has 0 saturated heterocycles. The Morgan fingerprint density at radius 2 is 1.83 bits per heavy atom. The zero-order valence-electron chi connectivity index (χ0n) is 13.1. The molecular weight excluding hydrogens is 364 g/mol. The fraction of sp³-hybridized carbons (Fsp3) is 0.211. The fourth-order valence-electron chi connectivity index (χ4n) is 2.89. The molecule has 2 aromatic carbocycles. The number of rotatable bonds is 6. The number of hydrogen-bond donors (Lipinski definition) is 0. The first-order valence-electron chi connectivity index (χ1n) is 7.76. The average molecular weight is 381 g/mol. The van der Waals surface area contributed by atoms with Gasteiger partial charge in [-0.1, -0.05) is 64.5 Å². The van der Waals surface area contributed by atoms with Crippen LogP contribution in [0.2, 0.25) is 0 Å². The minimum Gasteiger partial charge on any atom is -0.251 e. The van der Waals surface area contributed by atoms with E-state index >= 15 is 0 Å². The van der Waals surface area contributed by atoms with Gasteiger partial charge in [0.25, 0.3) is 0 Å². The zero-order chi connectivity index (χ0) is 16.8. The van der Waals surface area contributed by atoms with E-state index in [4.69, 9.17) is 0 Å². The predicted molar refractivity (Wildman–Crippen MR) is 96.2 cm³/mol. The summed E-state index contributed by atoms with van der Waals surface area (Å²) in [6, 6.07) is 20.7. The van der Waals surface area contributed by atoms with Crippen LogP contribution in [0.1, 0.15) is 17.5 Å². The first-order valence-corrected chi connectivity index (χ1v) is 8.55. The SMILES string of the molecule is N#CC(CCc1ccccc1)(Cn1cncn1)c1ccccc1Br. The summed E-state index contributed by atoms with van der Waals surface area (Å²) in [6.07, 6.45) is 4.69. The summed E-state index contributed by atoms with van der Waals surface area (Å²) < 4.78 is 2.67. The van der Waals surface area contributed by atoms with Crippen LogP contribution in [-0.4, -0.2) is 14.8 Å². The Morgan fingerprint density at radius 1 is 1.08 bits per heavy atom. The molecule has 1 atom stereocenters. The average Bonchev–Trinajstić information content (AvgIpc) is 3.13. The first kappa shape index (κ1) is 16.4. The molecule has 1 aromatic heterocycles. The summed E-state index contributed by atoms with van der Waals surface area (Å²) >= 11 is 3.61. The maximum Gasteiger partial charge on any atom is 0.137 e. The summed E-state index contributed by atoms with van der Waals surface area (Å²) in [5.41, 5.74) is 1.53. The molecule has 0 spiro atoms. The van der Waals surface area contributed by atoms with Gasteiger partial charge in [0.05, 0.1) is 12.6 Å². The van der Waals surface area contributed by atoms with Gasteiger partial charge in [0.1, 0.15) is 18.1 Å². The number of halogens is 1. The Hall–Kier alpha value is -2.45. The van der Waals surface area contributed by atoms with Crippen molar-refractivity contribution in [1.29, 1.82) is 5.26 Å². The molecular formula is C19H17BrN4. The summed E-state index contributed by atoms with van der Waals surface area (Å²) in [5, 5.41) is 14.3. The lowest BCUT2D eigenvalue weighted by Gasteiger charge is -2.28. The van der Waals surface area contributed by atoms with Crippen LogP contribution in [0.4, 0.5) is 0 Å². The largest absolute Gasteiger partial charge is 0.251 e. The van der Waals surface area contributed by atoms with Crippen LogP contribution >= 0.6 is 15.9 Å². The maximum absolute atomic E-state index is 10.1. The lowest BCUT2D eigenvalue weighted by atomic mass is 9.77. The van der Waals surface area contributed by atoms with Crippen LogP contribution in [0.5, 0.6) is 0 Å². The van der Waals surface area contributed by atoms with Crippen LogP contribution < -0.4 is 0 Å². The van der Waals surface area contributed by atoms with Gasteiger partial charge in [-0.3, -0.25) is 4.68 Å². The van der Waals surface area contributed by atoms with Crippen LogP contribution in [-0.2, 0) is 18.4 Å². The van der Waals surface area contributed by atoms with E-state index in [0.717, 1.165) is 16.5 Å². The number of nitrogens with zero attached hydrogens (tertiary/aromatic N) is 4.